The monoisotopic (exact) mass is 256 g/mol. The molecular formula is C16H36N2. The number of nitrogens with one attached hydrogen (secondary N) is 1. The van der Waals surface area contributed by atoms with Crippen molar-refractivity contribution < 1.29 is 0 Å². The van der Waals surface area contributed by atoms with Gasteiger partial charge < -0.3 is 5.32 Å². The van der Waals surface area contributed by atoms with E-state index >= 15 is 0 Å². The molecule has 1 N–H and O–H groups in total. The van der Waals surface area contributed by atoms with Gasteiger partial charge >= 0.3 is 0 Å². The van der Waals surface area contributed by atoms with E-state index in [9.17, 15) is 0 Å². The van der Waals surface area contributed by atoms with Crippen LogP contribution < -0.4 is 5.32 Å². The van der Waals surface area contributed by atoms with Crippen LogP contribution in [0.4, 0.5) is 0 Å². The summed E-state index contributed by atoms with van der Waals surface area (Å²) >= 11 is 0. The van der Waals surface area contributed by atoms with Crippen molar-refractivity contribution in [3.63, 3.8) is 0 Å². The largest absolute Gasteiger partial charge is 0.315 e. The summed E-state index contributed by atoms with van der Waals surface area (Å²) in [6, 6.07) is 0.590. The molecule has 0 rings (SSSR count). The van der Waals surface area contributed by atoms with Crippen molar-refractivity contribution in [2.75, 3.05) is 20.1 Å². The third-order valence-electron chi connectivity index (χ3n) is 4.82. The Morgan fingerprint density at radius 2 is 1.50 bits per heavy atom. The molecule has 0 spiro atoms. The van der Waals surface area contributed by atoms with Crippen molar-refractivity contribution in [2.24, 2.45) is 5.92 Å². The lowest BCUT2D eigenvalue weighted by Gasteiger charge is -2.50. The summed E-state index contributed by atoms with van der Waals surface area (Å²) in [4.78, 5) is 2.67. The Kier molecular flexibility index (Phi) is 8.89. The number of rotatable bonds is 10. The summed E-state index contributed by atoms with van der Waals surface area (Å²) < 4.78 is 0. The Bertz CT molecular complexity index is 195. The minimum absolute atomic E-state index is 0.312. The molecule has 0 aliphatic rings. The molecule has 0 bridgehead atoms. The molecule has 0 aliphatic carbocycles. The summed E-state index contributed by atoms with van der Waals surface area (Å²) in [6.07, 6.45) is 5.05. The van der Waals surface area contributed by atoms with Crippen LogP contribution in [0.25, 0.3) is 0 Å². The van der Waals surface area contributed by atoms with Crippen molar-refractivity contribution in [2.45, 2.75) is 78.8 Å². The lowest BCUT2D eigenvalue weighted by molar-refractivity contribution is 0.0307. The third kappa shape index (κ3) is 3.71. The predicted octanol–water partition coefficient (Wildman–Crippen LogP) is 3.91. The zero-order valence-corrected chi connectivity index (χ0v) is 13.8. The second-order valence-electron chi connectivity index (χ2n) is 5.52. The first kappa shape index (κ1) is 17.9. The van der Waals surface area contributed by atoms with Crippen LogP contribution in [-0.2, 0) is 0 Å². The maximum atomic E-state index is 3.64. The van der Waals surface area contributed by atoms with Gasteiger partial charge in [-0.15, -0.1) is 0 Å². The highest BCUT2D eigenvalue weighted by Gasteiger charge is 2.41. The Labute approximate surface area is 116 Å². The predicted molar refractivity (Wildman–Crippen MR) is 83.2 cm³/mol. The molecule has 0 aromatic rings. The highest BCUT2D eigenvalue weighted by atomic mass is 15.2. The van der Waals surface area contributed by atoms with E-state index in [2.05, 4.69) is 58.8 Å². The Hall–Kier alpha value is -0.0800. The van der Waals surface area contributed by atoms with E-state index in [1.807, 2.05) is 0 Å². The molecule has 0 radical (unpaired) electrons. The Morgan fingerprint density at radius 3 is 1.78 bits per heavy atom. The average Bonchev–Trinajstić information content (AvgIpc) is 2.39. The number of likely N-dealkylation sites (N-methyl/N-ethyl adjacent to an activating group) is 2. The van der Waals surface area contributed by atoms with Crippen molar-refractivity contribution in [3.8, 4) is 0 Å². The lowest BCUT2D eigenvalue weighted by Crippen LogP contribution is -2.62. The zero-order valence-electron chi connectivity index (χ0n) is 13.8. The van der Waals surface area contributed by atoms with Gasteiger partial charge in [0.1, 0.15) is 0 Å². The molecule has 0 amide bonds. The van der Waals surface area contributed by atoms with E-state index in [-0.39, 0.29) is 0 Å². The normalized spacial score (nSPS) is 16.0. The summed E-state index contributed by atoms with van der Waals surface area (Å²) in [5.74, 6) is 0.737. The van der Waals surface area contributed by atoms with E-state index in [0.717, 1.165) is 19.0 Å². The minimum Gasteiger partial charge on any atom is -0.315 e. The quantitative estimate of drug-likeness (QED) is 0.637. The van der Waals surface area contributed by atoms with Crippen LogP contribution in [0.1, 0.15) is 67.2 Å². The highest BCUT2D eigenvalue weighted by Crippen LogP contribution is 2.33. The molecular weight excluding hydrogens is 220 g/mol. The molecule has 110 valence electrons. The van der Waals surface area contributed by atoms with Crippen LogP contribution in [0, 0.1) is 5.92 Å². The molecule has 2 nitrogen and oxygen atoms in total. The molecule has 0 fully saturated rings. The molecule has 2 atom stereocenters. The van der Waals surface area contributed by atoms with Gasteiger partial charge in [-0.2, -0.15) is 0 Å². The summed E-state index contributed by atoms with van der Waals surface area (Å²) in [7, 11) is 2.14. The summed E-state index contributed by atoms with van der Waals surface area (Å²) in [6.45, 7) is 16.3. The van der Waals surface area contributed by atoms with Gasteiger partial charge in [-0.3, -0.25) is 4.90 Å². The van der Waals surface area contributed by atoms with E-state index in [0.29, 0.717) is 11.6 Å². The molecule has 0 saturated heterocycles. The van der Waals surface area contributed by atoms with Crippen molar-refractivity contribution in [3.05, 3.63) is 0 Å². The number of hydrogen-bond donors (Lipinski definition) is 1. The molecule has 0 aromatic carbocycles. The second kappa shape index (κ2) is 8.92. The van der Waals surface area contributed by atoms with Gasteiger partial charge in [0.05, 0.1) is 0 Å². The molecule has 2 unspecified atom stereocenters. The molecule has 0 saturated carbocycles. The van der Waals surface area contributed by atoms with Gasteiger partial charge in [0.15, 0.2) is 0 Å². The van der Waals surface area contributed by atoms with Gasteiger partial charge in [-0.05, 0) is 45.3 Å². The zero-order chi connectivity index (χ0) is 14.2. The lowest BCUT2D eigenvalue weighted by atomic mass is 9.75. The topological polar surface area (TPSA) is 15.3 Å². The van der Waals surface area contributed by atoms with Crippen LogP contribution >= 0.6 is 0 Å². The van der Waals surface area contributed by atoms with Crippen molar-refractivity contribution >= 4 is 0 Å². The van der Waals surface area contributed by atoms with Gasteiger partial charge in [0.2, 0.25) is 0 Å². The van der Waals surface area contributed by atoms with Crippen molar-refractivity contribution in [1.82, 2.24) is 10.2 Å². The van der Waals surface area contributed by atoms with Crippen LogP contribution in [0.2, 0.25) is 0 Å². The first-order valence-corrected chi connectivity index (χ1v) is 7.99. The SMILES string of the molecule is CCCC(C)C(NC)C(CC)(CC)N(CC)CC. The van der Waals surface area contributed by atoms with E-state index < -0.39 is 0 Å². The Morgan fingerprint density at radius 1 is 1.00 bits per heavy atom. The molecule has 0 aliphatic heterocycles. The maximum absolute atomic E-state index is 3.64. The van der Waals surface area contributed by atoms with E-state index in [4.69, 9.17) is 0 Å². The fourth-order valence-corrected chi connectivity index (χ4v) is 3.89. The fourth-order valence-electron chi connectivity index (χ4n) is 3.89. The van der Waals surface area contributed by atoms with E-state index in [1.54, 1.807) is 0 Å². The van der Waals surface area contributed by atoms with Gasteiger partial charge in [0, 0.05) is 11.6 Å². The van der Waals surface area contributed by atoms with E-state index in [1.165, 1.54) is 25.7 Å². The second-order valence-corrected chi connectivity index (χ2v) is 5.52. The smallest absolute Gasteiger partial charge is 0.0359 e. The fraction of sp³-hybridized carbons (Fsp3) is 1.00. The molecule has 0 aromatic heterocycles. The molecule has 18 heavy (non-hydrogen) atoms. The number of nitrogens with zero attached hydrogens (tertiary/aromatic N) is 1. The number of hydrogen-bond acceptors (Lipinski definition) is 2. The summed E-state index contributed by atoms with van der Waals surface area (Å²) in [5.41, 5.74) is 0.312. The van der Waals surface area contributed by atoms with Gasteiger partial charge in [-0.1, -0.05) is 48.0 Å². The average molecular weight is 256 g/mol. The van der Waals surface area contributed by atoms with Crippen LogP contribution in [0.3, 0.4) is 0 Å². The Balaban J connectivity index is 5.24. The van der Waals surface area contributed by atoms with Crippen molar-refractivity contribution in [1.29, 1.82) is 0 Å². The van der Waals surface area contributed by atoms with Crippen LogP contribution in [-0.4, -0.2) is 36.6 Å². The van der Waals surface area contributed by atoms with Gasteiger partial charge in [0.25, 0.3) is 0 Å². The minimum atomic E-state index is 0.312. The summed E-state index contributed by atoms with van der Waals surface area (Å²) in [5, 5.41) is 3.64. The maximum Gasteiger partial charge on any atom is 0.0359 e. The molecule has 2 heteroatoms. The third-order valence-corrected chi connectivity index (χ3v) is 4.82. The standard InChI is InChI=1S/C16H36N2/c1-8-13-14(6)15(17-7)16(9-2,10-3)18(11-4)12-5/h14-15,17H,8-13H2,1-7H3. The first-order chi connectivity index (χ1) is 8.57. The van der Waals surface area contributed by atoms with Crippen LogP contribution in [0.5, 0.6) is 0 Å². The van der Waals surface area contributed by atoms with Crippen LogP contribution in [0.15, 0.2) is 0 Å². The van der Waals surface area contributed by atoms with Gasteiger partial charge in [-0.25, -0.2) is 0 Å². The first-order valence-electron chi connectivity index (χ1n) is 7.99. The highest BCUT2D eigenvalue weighted by molar-refractivity contribution is 5.00. The molecule has 0 heterocycles.